The molecule has 4 nitrogen and oxygen atoms in total. The maximum atomic E-state index is 13.6. The van der Waals surface area contributed by atoms with Crippen LogP contribution in [0.15, 0.2) is 36.4 Å². The normalized spacial score (nSPS) is 11.8. The van der Waals surface area contributed by atoms with Gasteiger partial charge in [0.15, 0.2) is 23.3 Å². The van der Waals surface area contributed by atoms with E-state index < -0.39 is 46.7 Å². The molecule has 0 aromatic heterocycles. The number of primary amides is 1. The van der Waals surface area contributed by atoms with Crippen molar-refractivity contribution in [2.75, 3.05) is 0 Å². The molecule has 2 aromatic rings. The minimum atomic E-state index is -2.12. The van der Waals surface area contributed by atoms with Crippen molar-refractivity contribution >= 4 is 11.8 Å². The average Bonchev–Trinajstić information content (AvgIpc) is 2.54. The first-order valence-corrected chi connectivity index (χ1v) is 6.31. The fraction of sp³-hybridized carbons (Fsp3) is 0.0667. The van der Waals surface area contributed by atoms with E-state index in [-0.39, 0.29) is 11.6 Å². The fourth-order valence-corrected chi connectivity index (χ4v) is 1.91. The lowest BCUT2D eigenvalue weighted by atomic mass is 10.1. The minimum absolute atomic E-state index is 0.201. The van der Waals surface area contributed by atoms with Gasteiger partial charge in [-0.2, -0.15) is 0 Å². The number of benzene rings is 2. The van der Waals surface area contributed by atoms with Crippen LogP contribution in [0.4, 0.5) is 17.6 Å². The highest BCUT2D eigenvalue weighted by Crippen LogP contribution is 2.20. The summed E-state index contributed by atoms with van der Waals surface area (Å²) in [5.41, 5.74) is 4.37. The molecule has 1 atom stereocenters. The summed E-state index contributed by atoms with van der Waals surface area (Å²) >= 11 is 0. The molecule has 0 radical (unpaired) electrons. The summed E-state index contributed by atoms with van der Waals surface area (Å²) in [7, 11) is 0. The summed E-state index contributed by atoms with van der Waals surface area (Å²) in [6.07, 6.45) is 0. The first kappa shape index (κ1) is 16.5. The van der Waals surface area contributed by atoms with Crippen LogP contribution < -0.4 is 11.1 Å². The van der Waals surface area contributed by atoms with Gasteiger partial charge in [0.1, 0.15) is 6.04 Å². The van der Waals surface area contributed by atoms with Gasteiger partial charge in [-0.3, -0.25) is 9.59 Å². The molecule has 0 aliphatic carbocycles. The van der Waals surface area contributed by atoms with Gasteiger partial charge in [-0.1, -0.05) is 30.3 Å². The number of hydrogen-bond donors (Lipinski definition) is 2. The molecule has 120 valence electrons. The molecule has 23 heavy (non-hydrogen) atoms. The van der Waals surface area contributed by atoms with Crippen LogP contribution in [0, 0.1) is 23.3 Å². The number of nitrogens with two attached hydrogens (primary N) is 1. The molecule has 0 fully saturated rings. The third-order valence-electron chi connectivity index (χ3n) is 3.04. The molecule has 0 heterocycles. The molecule has 0 spiro atoms. The molecule has 0 saturated carbocycles. The fourth-order valence-electron chi connectivity index (χ4n) is 1.91. The summed E-state index contributed by atoms with van der Waals surface area (Å²) in [4.78, 5) is 23.4. The van der Waals surface area contributed by atoms with E-state index in [4.69, 9.17) is 5.73 Å². The van der Waals surface area contributed by atoms with Crippen molar-refractivity contribution in [3.63, 3.8) is 0 Å². The number of carbonyl (C=O) groups is 2. The van der Waals surface area contributed by atoms with Crippen molar-refractivity contribution in [3.8, 4) is 0 Å². The second kappa shape index (κ2) is 6.47. The zero-order valence-electron chi connectivity index (χ0n) is 11.4. The summed E-state index contributed by atoms with van der Waals surface area (Å²) in [5, 5.41) is 2.05. The van der Waals surface area contributed by atoms with Crippen molar-refractivity contribution in [1.29, 1.82) is 0 Å². The number of halogens is 4. The number of amides is 2. The Balaban J connectivity index is 2.36. The summed E-state index contributed by atoms with van der Waals surface area (Å²) < 4.78 is 52.8. The lowest BCUT2D eigenvalue weighted by Crippen LogP contribution is -2.38. The van der Waals surface area contributed by atoms with Gasteiger partial charge in [0.05, 0.1) is 5.56 Å². The third-order valence-corrected chi connectivity index (χ3v) is 3.04. The van der Waals surface area contributed by atoms with Crippen LogP contribution in [0.3, 0.4) is 0 Å². The smallest absolute Gasteiger partial charge is 0.255 e. The molecule has 2 rings (SSSR count). The molecular formula is C15H10F4N2O2. The molecule has 0 saturated heterocycles. The average molecular weight is 326 g/mol. The van der Waals surface area contributed by atoms with E-state index in [2.05, 4.69) is 5.32 Å². The molecule has 8 heteroatoms. The van der Waals surface area contributed by atoms with E-state index in [1.54, 1.807) is 18.2 Å². The number of carbonyl (C=O) groups excluding carboxylic acids is 2. The van der Waals surface area contributed by atoms with Crippen molar-refractivity contribution in [2.45, 2.75) is 6.04 Å². The van der Waals surface area contributed by atoms with Crippen LogP contribution in [0.5, 0.6) is 0 Å². The molecule has 0 aliphatic rings. The molecular weight excluding hydrogens is 316 g/mol. The van der Waals surface area contributed by atoms with Gasteiger partial charge < -0.3 is 11.1 Å². The minimum Gasteiger partial charge on any atom is -0.368 e. The van der Waals surface area contributed by atoms with E-state index in [0.29, 0.717) is 0 Å². The second-order valence-electron chi connectivity index (χ2n) is 4.57. The second-order valence-corrected chi connectivity index (χ2v) is 4.57. The van der Waals surface area contributed by atoms with Crippen LogP contribution in [0.25, 0.3) is 0 Å². The molecule has 3 N–H and O–H groups in total. The van der Waals surface area contributed by atoms with E-state index >= 15 is 0 Å². The number of hydrogen-bond acceptors (Lipinski definition) is 2. The Labute approximate surface area is 127 Å². The maximum Gasteiger partial charge on any atom is 0.255 e. The Morgan fingerprint density at radius 2 is 1.57 bits per heavy atom. The topological polar surface area (TPSA) is 72.2 Å². The standard InChI is InChI=1S/C15H10F4N2O2/c16-9-6-8(10(17)12(19)11(9)18)15(23)21-13(14(20)22)7-4-2-1-3-5-7/h1-6,13H,(H2,20,22)(H,21,23). The van der Waals surface area contributed by atoms with Gasteiger partial charge in [0.2, 0.25) is 5.91 Å². The van der Waals surface area contributed by atoms with E-state index in [1.807, 2.05) is 0 Å². The largest absolute Gasteiger partial charge is 0.368 e. The first-order chi connectivity index (χ1) is 10.8. The van der Waals surface area contributed by atoms with Crippen LogP contribution >= 0.6 is 0 Å². The molecule has 1 unspecified atom stereocenters. The van der Waals surface area contributed by atoms with E-state index in [9.17, 15) is 27.2 Å². The van der Waals surface area contributed by atoms with Crippen LogP contribution in [0.2, 0.25) is 0 Å². The predicted molar refractivity (Wildman–Crippen MR) is 72.1 cm³/mol. The quantitative estimate of drug-likeness (QED) is 0.514. The highest BCUT2D eigenvalue weighted by atomic mass is 19.2. The van der Waals surface area contributed by atoms with Crippen molar-refractivity contribution < 1.29 is 27.2 Å². The Bertz CT molecular complexity index is 766. The SMILES string of the molecule is NC(=O)C(NC(=O)c1cc(F)c(F)c(F)c1F)c1ccccc1. The Morgan fingerprint density at radius 3 is 2.13 bits per heavy atom. The van der Waals surface area contributed by atoms with Crippen molar-refractivity contribution in [1.82, 2.24) is 5.32 Å². The van der Waals surface area contributed by atoms with Gasteiger partial charge >= 0.3 is 0 Å². The van der Waals surface area contributed by atoms with Gasteiger partial charge in [-0.25, -0.2) is 17.6 Å². The van der Waals surface area contributed by atoms with Gasteiger partial charge in [-0.15, -0.1) is 0 Å². The van der Waals surface area contributed by atoms with Crippen LogP contribution in [-0.4, -0.2) is 11.8 Å². The third kappa shape index (κ3) is 3.31. The highest BCUT2D eigenvalue weighted by Gasteiger charge is 2.26. The van der Waals surface area contributed by atoms with Gasteiger partial charge in [-0.05, 0) is 11.6 Å². The number of rotatable bonds is 4. The maximum absolute atomic E-state index is 13.6. The summed E-state index contributed by atoms with van der Waals surface area (Å²) in [6.45, 7) is 0. The zero-order chi connectivity index (χ0) is 17.1. The Kier molecular flexibility index (Phi) is 4.63. The van der Waals surface area contributed by atoms with E-state index in [1.165, 1.54) is 12.1 Å². The highest BCUT2D eigenvalue weighted by molar-refractivity contribution is 5.97. The molecule has 2 aromatic carbocycles. The molecule has 2 amide bonds. The molecule has 0 aliphatic heterocycles. The predicted octanol–water partition coefficient (Wildman–Crippen LogP) is 2.20. The zero-order valence-corrected chi connectivity index (χ0v) is 11.4. The summed E-state index contributed by atoms with van der Waals surface area (Å²) in [5.74, 6) is -10.0. The van der Waals surface area contributed by atoms with Gasteiger partial charge in [0, 0.05) is 0 Å². The Morgan fingerprint density at radius 1 is 0.957 bits per heavy atom. The summed E-state index contributed by atoms with van der Waals surface area (Å²) in [6, 6.07) is 6.57. The monoisotopic (exact) mass is 326 g/mol. The van der Waals surface area contributed by atoms with Crippen LogP contribution in [0.1, 0.15) is 22.0 Å². The van der Waals surface area contributed by atoms with Crippen molar-refractivity contribution in [2.24, 2.45) is 5.73 Å². The number of nitrogens with one attached hydrogen (secondary N) is 1. The molecule has 0 bridgehead atoms. The van der Waals surface area contributed by atoms with E-state index in [0.717, 1.165) is 0 Å². The Hall–Kier alpha value is -2.90. The van der Waals surface area contributed by atoms with Crippen LogP contribution in [-0.2, 0) is 4.79 Å². The lowest BCUT2D eigenvalue weighted by molar-refractivity contribution is -0.120. The van der Waals surface area contributed by atoms with Gasteiger partial charge in [0.25, 0.3) is 5.91 Å². The lowest BCUT2D eigenvalue weighted by Gasteiger charge is -2.16. The first-order valence-electron chi connectivity index (χ1n) is 6.31. The van der Waals surface area contributed by atoms with Crippen molar-refractivity contribution in [3.05, 3.63) is 70.8 Å².